The summed E-state index contributed by atoms with van der Waals surface area (Å²) in [5, 5.41) is 2.97. The van der Waals surface area contributed by atoms with Gasteiger partial charge in [-0.15, -0.1) is 0 Å². The van der Waals surface area contributed by atoms with Crippen LogP contribution in [0.25, 0.3) is 0 Å². The molecule has 2 amide bonds. The number of primary amides is 1. The molecule has 7 heteroatoms. The summed E-state index contributed by atoms with van der Waals surface area (Å²) in [5.41, 5.74) is 10.5. The van der Waals surface area contributed by atoms with Crippen molar-refractivity contribution in [3.63, 3.8) is 0 Å². The fourth-order valence-corrected chi connectivity index (χ4v) is 4.20. The Morgan fingerprint density at radius 1 is 1.33 bits per heavy atom. The van der Waals surface area contributed by atoms with Gasteiger partial charge in [0.2, 0.25) is 5.91 Å². The van der Waals surface area contributed by atoms with Crippen molar-refractivity contribution in [3.8, 4) is 0 Å². The number of hydrogen-bond acceptors (Lipinski definition) is 4. The second kappa shape index (κ2) is 6.72. The van der Waals surface area contributed by atoms with E-state index in [0.29, 0.717) is 12.0 Å². The number of carbonyl (C=O) groups is 2. The van der Waals surface area contributed by atoms with Gasteiger partial charge in [-0.25, -0.2) is 4.98 Å². The Morgan fingerprint density at radius 3 is 2.70 bits per heavy atom. The van der Waals surface area contributed by atoms with E-state index in [1.54, 1.807) is 0 Å². The highest BCUT2D eigenvalue weighted by Gasteiger charge is 2.32. The molecule has 0 saturated carbocycles. The zero-order valence-electron chi connectivity index (χ0n) is 15.8. The van der Waals surface area contributed by atoms with E-state index in [9.17, 15) is 9.59 Å². The van der Waals surface area contributed by atoms with Gasteiger partial charge in [-0.2, -0.15) is 0 Å². The lowest BCUT2D eigenvalue weighted by Crippen LogP contribution is -2.28. The van der Waals surface area contributed by atoms with E-state index >= 15 is 0 Å². The first kappa shape index (κ1) is 17.6. The van der Waals surface area contributed by atoms with Gasteiger partial charge in [0.05, 0.1) is 16.9 Å². The summed E-state index contributed by atoms with van der Waals surface area (Å²) < 4.78 is 0. The third-order valence-corrected chi connectivity index (χ3v) is 5.56. The van der Waals surface area contributed by atoms with Crippen LogP contribution in [0.5, 0.6) is 0 Å². The fraction of sp³-hybridized carbons (Fsp3) is 0.450. The van der Waals surface area contributed by atoms with E-state index in [1.165, 1.54) is 0 Å². The number of fused-ring (bicyclic) bond motifs is 1. The average molecular weight is 367 g/mol. The number of nitrogens with one attached hydrogen (secondary N) is 2. The molecule has 2 aromatic rings. The van der Waals surface area contributed by atoms with E-state index in [1.807, 2.05) is 26.0 Å². The molecule has 1 aromatic carbocycles. The first-order chi connectivity index (χ1) is 13.0. The lowest BCUT2D eigenvalue weighted by Gasteiger charge is -2.29. The summed E-state index contributed by atoms with van der Waals surface area (Å²) in [4.78, 5) is 34.7. The van der Waals surface area contributed by atoms with Gasteiger partial charge in [0, 0.05) is 43.2 Å². The lowest BCUT2D eigenvalue weighted by molar-refractivity contribution is -0.116. The number of benzene rings is 1. The number of anilines is 2. The topological polar surface area (TPSA) is 104 Å². The molecule has 7 nitrogen and oxygen atoms in total. The van der Waals surface area contributed by atoms with E-state index in [4.69, 9.17) is 10.7 Å². The Morgan fingerprint density at radius 2 is 2.07 bits per heavy atom. The molecule has 2 aliphatic heterocycles. The van der Waals surface area contributed by atoms with Crippen LogP contribution in [0.2, 0.25) is 0 Å². The van der Waals surface area contributed by atoms with Crippen LogP contribution in [-0.4, -0.2) is 34.9 Å². The third-order valence-electron chi connectivity index (χ3n) is 5.56. The van der Waals surface area contributed by atoms with Crippen molar-refractivity contribution in [1.82, 2.24) is 9.97 Å². The first-order valence-electron chi connectivity index (χ1n) is 9.55. The van der Waals surface area contributed by atoms with Gasteiger partial charge in [-0.1, -0.05) is 6.92 Å². The van der Waals surface area contributed by atoms with Crippen molar-refractivity contribution in [3.05, 3.63) is 40.5 Å². The number of nitrogens with zero attached hydrogens (tertiary/aromatic N) is 2. The monoisotopic (exact) mass is 367 g/mol. The molecule has 0 radical (unpaired) electrons. The van der Waals surface area contributed by atoms with E-state index < -0.39 is 5.91 Å². The number of rotatable bonds is 4. The van der Waals surface area contributed by atoms with Gasteiger partial charge in [0.1, 0.15) is 5.82 Å². The third kappa shape index (κ3) is 3.07. The SMILES string of the molecule is CCc1nc([C@@H]2CC(=O)Nc3cc(N4CCCC4)c(C(N)=O)cc32)c(C)[nH]1. The average Bonchev–Trinajstić information content (AvgIpc) is 3.29. The van der Waals surface area contributed by atoms with E-state index in [2.05, 4.69) is 15.2 Å². The second-order valence-corrected chi connectivity index (χ2v) is 7.37. The lowest BCUT2D eigenvalue weighted by atomic mass is 9.85. The highest BCUT2D eigenvalue weighted by Crippen LogP contribution is 2.41. The molecule has 3 heterocycles. The fourth-order valence-electron chi connectivity index (χ4n) is 4.20. The van der Waals surface area contributed by atoms with Crippen molar-refractivity contribution in [1.29, 1.82) is 0 Å². The molecule has 2 aliphatic rings. The molecule has 0 unspecified atom stereocenters. The van der Waals surface area contributed by atoms with Crippen molar-refractivity contribution < 1.29 is 9.59 Å². The Hall–Kier alpha value is -2.83. The van der Waals surface area contributed by atoms with Crippen molar-refractivity contribution in [2.75, 3.05) is 23.3 Å². The molecular formula is C20H25N5O2. The number of aryl methyl sites for hydroxylation is 2. The molecule has 4 N–H and O–H groups in total. The minimum Gasteiger partial charge on any atom is -0.371 e. The van der Waals surface area contributed by atoms with E-state index in [0.717, 1.165) is 66.5 Å². The molecule has 1 aromatic heterocycles. The molecule has 1 fully saturated rings. The molecule has 4 rings (SSSR count). The largest absolute Gasteiger partial charge is 0.371 e. The van der Waals surface area contributed by atoms with Crippen LogP contribution in [0.15, 0.2) is 12.1 Å². The molecule has 1 saturated heterocycles. The number of carbonyl (C=O) groups excluding carboxylic acids is 2. The Bertz CT molecular complexity index is 911. The predicted octanol–water partition coefficient (Wildman–Crippen LogP) is 2.45. The maximum Gasteiger partial charge on any atom is 0.250 e. The molecule has 0 bridgehead atoms. The summed E-state index contributed by atoms with van der Waals surface area (Å²) in [6.45, 7) is 5.81. The van der Waals surface area contributed by atoms with Crippen molar-refractivity contribution in [2.24, 2.45) is 5.73 Å². The second-order valence-electron chi connectivity index (χ2n) is 7.37. The minimum absolute atomic E-state index is 0.0351. The van der Waals surface area contributed by atoms with Crippen molar-refractivity contribution in [2.45, 2.75) is 45.4 Å². The quantitative estimate of drug-likeness (QED) is 0.772. The molecule has 0 spiro atoms. The number of hydrogen-bond donors (Lipinski definition) is 3. The van der Waals surface area contributed by atoms with Gasteiger partial charge in [0.15, 0.2) is 0 Å². The highest BCUT2D eigenvalue weighted by molar-refractivity contribution is 6.03. The van der Waals surface area contributed by atoms with Crippen LogP contribution in [0.4, 0.5) is 11.4 Å². The van der Waals surface area contributed by atoms with Crippen LogP contribution in [0.3, 0.4) is 0 Å². The highest BCUT2D eigenvalue weighted by atomic mass is 16.2. The number of nitrogens with two attached hydrogens (primary N) is 1. The smallest absolute Gasteiger partial charge is 0.250 e. The molecule has 142 valence electrons. The Kier molecular flexibility index (Phi) is 4.37. The van der Waals surface area contributed by atoms with Crippen LogP contribution < -0.4 is 16.0 Å². The van der Waals surface area contributed by atoms with Gasteiger partial charge >= 0.3 is 0 Å². The van der Waals surface area contributed by atoms with Gasteiger partial charge in [0.25, 0.3) is 5.91 Å². The summed E-state index contributed by atoms with van der Waals surface area (Å²) in [5.74, 6) is 0.241. The number of amides is 2. The molecule has 0 aliphatic carbocycles. The molecular weight excluding hydrogens is 342 g/mol. The van der Waals surface area contributed by atoms with Crippen LogP contribution in [-0.2, 0) is 11.2 Å². The standard InChI is InChI=1S/C20H25N5O2/c1-3-17-22-11(2)19(24-17)13-9-18(26)23-15-10-16(25-6-4-5-7-25)14(20(21)27)8-12(13)15/h8,10,13H,3-7,9H2,1-2H3,(H2,21,27)(H,22,24)(H,23,26)/t13-/m1/s1. The zero-order chi connectivity index (χ0) is 19.1. The maximum atomic E-state index is 12.4. The van der Waals surface area contributed by atoms with Crippen LogP contribution in [0, 0.1) is 6.92 Å². The number of imidazole rings is 1. The number of aromatic amines is 1. The summed E-state index contributed by atoms with van der Waals surface area (Å²) >= 11 is 0. The maximum absolute atomic E-state index is 12.4. The normalized spacial score (nSPS) is 19.1. The van der Waals surface area contributed by atoms with Crippen molar-refractivity contribution >= 4 is 23.2 Å². The minimum atomic E-state index is -0.441. The number of H-pyrrole nitrogens is 1. The molecule has 1 atom stereocenters. The van der Waals surface area contributed by atoms with E-state index in [-0.39, 0.29) is 11.8 Å². The summed E-state index contributed by atoms with van der Waals surface area (Å²) in [6, 6.07) is 3.77. The van der Waals surface area contributed by atoms with Gasteiger partial charge in [-0.05, 0) is 37.5 Å². The Labute approximate surface area is 158 Å². The first-order valence-corrected chi connectivity index (χ1v) is 9.55. The van der Waals surface area contributed by atoms with Gasteiger partial charge in [-0.3, -0.25) is 9.59 Å². The van der Waals surface area contributed by atoms with Gasteiger partial charge < -0.3 is 20.9 Å². The zero-order valence-corrected chi connectivity index (χ0v) is 15.8. The Balaban J connectivity index is 1.85. The predicted molar refractivity (Wildman–Crippen MR) is 104 cm³/mol. The van der Waals surface area contributed by atoms with Crippen LogP contribution in [0.1, 0.15) is 65.2 Å². The summed E-state index contributed by atoms with van der Waals surface area (Å²) in [6.07, 6.45) is 3.29. The summed E-state index contributed by atoms with van der Waals surface area (Å²) in [7, 11) is 0. The van der Waals surface area contributed by atoms with Crippen LogP contribution >= 0.6 is 0 Å². The number of aromatic nitrogens is 2. The molecule has 27 heavy (non-hydrogen) atoms.